The maximum Gasteiger partial charge on any atom is 0.123 e. The lowest BCUT2D eigenvalue weighted by molar-refractivity contribution is 0.627. The minimum Gasteiger partial charge on any atom is -0.207 e. The summed E-state index contributed by atoms with van der Waals surface area (Å²) >= 11 is 0. The molecule has 0 aliphatic heterocycles. The minimum atomic E-state index is -0.242. The average molecular weight is 286 g/mol. The van der Waals surface area contributed by atoms with E-state index >= 15 is 0 Å². The van der Waals surface area contributed by atoms with Crippen molar-refractivity contribution in [3.05, 3.63) is 107 Å². The van der Waals surface area contributed by atoms with Gasteiger partial charge in [0.25, 0.3) is 0 Å². The summed E-state index contributed by atoms with van der Waals surface area (Å²) in [4.78, 5) is 0. The van der Waals surface area contributed by atoms with Gasteiger partial charge in [0.15, 0.2) is 0 Å². The highest BCUT2D eigenvalue weighted by Crippen LogP contribution is 2.23. The lowest BCUT2D eigenvalue weighted by atomic mass is 9.91. The molecule has 3 rings (SSSR count). The van der Waals surface area contributed by atoms with Crippen molar-refractivity contribution < 1.29 is 4.39 Å². The first-order chi connectivity index (χ1) is 10.8. The second-order valence-electron chi connectivity index (χ2n) is 5.03. The average Bonchev–Trinajstić information content (AvgIpc) is 2.59. The molecule has 0 saturated carbocycles. The minimum absolute atomic E-state index is 0.00690. The second-order valence-corrected chi connectivity index (χ2v) is 5.03. The van der Waals surface area contributed by atoms with Gasteiger partial charge in [0, 0.05) is 5.56 Å². The van der Waals surface area contributed by atoms with Crippen LogP contribution in [0.2, 0.25) is 0 Å². The molecule has 1 heteroatoms. The highest BCUT2D eigenvalue weighted by atomic mass is 19.1. The van der Waals surface area contributed by atoms with Crippen molar-refractivity contribution in [2.45, 2.75) is 5.92 Å². The van der Waals surface area contributed by atoms with E-state index in [1.807, 2.05) is 36.4 Å². The molecule has 0 unspecified atom stereocenters. The third-order valence-electron chi connectivity index (χ3n) is 3.47. The van der Waals surface area contributed by atoms with Crippen molar-refractivity contribution in [3.8, 4) is 11.8 Å². The van der Waals surface area contributed by atoms with Gasteiger partial charge in [-0.05, 0) is 35.4 Å². The molecule has 106 valence electrons. The first kappa shape index (κ1) is 14.1. The van der Waals surface area contributed by atoms with E-state index in [0.29, 0.717) is 0 Å². The molecule has 0 fully saturated rings. The molecule has 0 aliphatic carbocycles. The molecule has 0 aliphatic rings. The van der Waals surface area contributed by atoms with Crippen LogP contribution in [0, 0.1) is 17.7 Å². The van der Waals surface area contributed by atoms with Gasteiger partial charge in [-0.2, -0.15) is 0 Å². The highest BCUT2D eigenvalue weighted by molar-refractivity contribution is 5.44. The fourth-order valence-electron chi connectivity index (χ4n) is 2.34. The van der Waals surface area contributed by atoms with Crippen LogP contribution in [-0.2, 0) is 0 Å². The Labute approximate surface area is 130 Å². The number of halogens is 1. The Morgan fingerprint density at radius 3 is 1.64 bits per heavy atom. The van der Waals surface area contributed by atoms with Crippen LogP contribution >= 0.6 is 0 Å². The summed E-state index contributed by atoms with van der Waals surface area (Å²) in [5.74, 6) is 6.23. The predicted octanol–water partition coefficient (Wildman–Crippen LogP) is 5.01. The van der Waals surface area contributed by atoms with E-state index in [-0.39, 0.29) is 11.7 Å². The summed E-state index contributed by atoms with van der Waals surface area (Å²) in [6.07, 6.45) is 0. The van der Waals surface area contributed by atoms with Gasteiger partial charge in [-0.25, -0.2) is 4.39 Å². The van der Waals surface area contributed by atoms with Crippen LogP contribution in [0.25, 0.3) is 0 Å². The quantitative estimate of drug-likeness (QED) is 0.581. The standard InChI is InChI=1S/C21H15F/c22-20-14-11-17(12-15-20)13-16-21(18-7-3-1-4-8-18)19-9-5-2-6-10-19/h1-12,14-15,21H. The van der Waals surface area contributed by atoms with Gasteiger partial charge in [-0.3, -0.25) is 0 Å². The fourth-order valence-corrected chi connectivity index (χ4v) is 2.34. The van der Waals surface area contributed by atoms with Crippen molar-refractivity contribution >= 4 is 0 Å². The van der Waals surface area contributed by atoms with Gasteiger partial charge in [0.2, 0.25) is 0 Å². The van der Waals surface area contributed by atoms with E-state index in [9.17, 15) is 4.39 Å². The monoisotopic (exact) mass is 286 g/mol. The predicted molar refractivity (Wildman–Crippen MR) is 88.0 cm³/mol. The summed E-state index contributed by atoms with van der Waals surface area (Å²) in [7, 11) is 0. The van der Waals surface area contributed by atoms with E-state index < -0.39 is 0 Å². The third kappa shape index (κ3) is 3.42. The zero-order valence-electron chi connectivity index (χ0n) is 12.0. The molecule has 0 aromatic heterocycles. The first-order valence-electron chi connectivity index (χ1n) is 7.20. The fraction of sp³-hybridized carbons (Fsp3) is 0.0476. The highest BCUT2D eigenvalue weighted by Gasteiger charge is 2.10. The second kappa shape index (κ2) is 6.74. The topological polar surface area (TPSA) is 0 Å². The zero-order valence-corrected chi connectivity index (χ0v) is 12.0. The maximum absolute atomic E-state index is 13.0. The van der Waals surface area contributed by atoms with Crippen molar-refractivity contribution in [2.75, 3.05) is 0 Å². The Kier molecular flexibility index (Phi) is 4.32. The molecule has 0 spiro atoms. The Bertz CT molecular complexity index is 739. The summed E-state index contributed by atoms with van der Waals surface area (Å²) in [5.41, 5.74) is 3.13. The van der Waals surface area contributed by atoms with Gasteiger partial charge in [-0.1, -0.05) is 72.5 Å². The van der Waals surface area contributed by atoms with Crippen molar-refractivity contribution in [1.82, 2.24) is 0 Å². The molecule has 0 heterocycles. The van der Waals surface area contributed by atoms with Gasteiger partial charge in [0.05, 0.1) is 5.92 Å². The molecule has 0 bridgehead atoms. The van der Waals surface area contributed by atoms with E-state index in [0.717, 1.165) is 16.7 Å². The first-order valence-corrected chi connectivity index (χ1v) is 7.20. The van der Waals surface area contributed by atoms with Gasteiger partial charge in [0.1, 0.15) is 5.82 Å². The molecule has 0 nitrogen and oxygen atoms in total. The molecule has 22 heavy (non-hydrogen) atoms. The van der Waals surface area contributed by atoms with Crippen LogP contribution in [0.15, 0.2) is 84.9 Å². The number of benzene rings is 3. The summed E-state index contributed by atoms with van der Waals surface area (Å²) in [6, 6.07) is 26.7. The van der Waals surface area contributed by atoms with Gasteiger partial charge >= 0.3 is 0 Å². The molecule has 3 aromatic rings. The molecule has 0 N–H and O–H groups in total. The lowest BCUT2D eigenvalue weighted by Gasteiger charge is -2.11. The summed E-state index contributed by atoms with van der Waals surface area (Å²) < 4.78 is 13.0. The lowest BCUT2D eigenvalue weighted by Crippen LogP contribution is -1.98. The van der Waals surface area contributed by atoms with Crippen LogP contribution < -0.4 is 0 Å². The molecule has 0 atom stereocenters. The molecular formula is C21H15F. The molecule has 3 aromatic carbocycles. The van der Waals surface area contributed by atoms with Gasteiger partial charge in [-0.15, -0.1) is 0 Å². The zero-order chi connectivity index (χ0) is 15.2. The molecule has 0 radical (unpaired) electrons. The van der Waals surface area contributed by atoms with Crippen LogP contribution in [0.1, 0.15) is 22.6 Å². The Hall–Kier alpha value is -2.85. The van der Waals surface area contributed by atoms with Crippen LogP contribution in [-0.4, -0.2) is 0 Å². The van der Waals surface area contributed by atoms with E-state index in [2.05, 4.69) is 36.1 Å². The van der Waals surface area contributed by atoms with Crippen LogP contribution in [0.5, 0.6) is 0 Å². The maximum atomic E-state index is 13.0. The summed E-state index contributed by atoms with van der Waals surface area (Å²) in [6.45, 7) is 0. The van der Waals surface area contributed by atoms with Gasteiger partial charge < -0.3 is 0 Å². The van der Waals surface area contributed by atoms with Crippen molar-refractivity contribution in [3.63, 3.8) is 0 Å². The van der Waals surface area contributed by atoms with E-state index in [1.165, 1.54) is 12.1 Å². The van der Waals surface area contributed by atoms with E-state index in [4.69, 9.17) is 0 Å². The molecule has 0 saturated heterocycles. The Balaban J connectivity index is 1.98. The van der Waals surface area contributed by atoms with Crippen LogP contribution in [0.3, 0.4) is 0 Å². The van der Waals surface area contributed by atoms with Crippen LogP contribution in [0.4, 0.5) is 4.39 Å². The molecular weight excluding hydrogens is 271 g/mol. The third-order valence-corrected chi connectivity index (χ3v) is 3.47. The summed E-state index contributed by atoms with van der Waals surface area (Å²) in [5, 5.41) is 0. The smallest absolute Gasteiger partial charge is 0.123 e. The number of hydrogen-bond donors (Lipinski definition) is 0. The Morgan fingerprint density at radius 2 is 1.14 bits per heavy atom. The van der Waals surface area contributed by atoms with Crippen molar-refractivity contribution in [1.29, 1.82) is 0 Å². The largest absolute Gasteiger partial charge is 0.207 e. The SMILES string of the molecule is Fc1ccc(C#CC(c2ccccc2)c2ccccc2)cc1. The van der Waals surface area contributed by atoms with E-state index in [1.54, 1.807) is 12.1 Å². The molecule has 0 amide bonds. The normalized spacial score (nSPS) is 10.1. The number of rotatable bonds is 2. The Morgan fingerprint density at radius 1 is 0.636 bits per heavy atom. The van der Waals surface area contributed by atoms with Crippen molar-refractivity contribution in [2.24, 2.45) is 0 Å². The number of hydrogen-bond acceptors (Lipinski definition) is 0.